The largest absolute Gasteiger partial charge is 0.382 e. The van der Waals surface area contributed by atoms with Crippen molar-refractivity contribution >= 4 is 11.7 Å². The highest BCUT2D eigenvalue weighted by atomic mass is 16.3. The molecule has 1 unspecified atom stereocenters. The van der Waals surface area contributed by atoms with E-state index in [1.165, 1.54) is 4.90 Å². The van der Waals surface area contributed by atoms with Gasteiger partial charge in [0.15, 0.2) is 0 Å². The molecule has 5 heteroatoms. The molecular weight excluding hydrogens is 170 g/mol. The van der Waals surface area contributed by atoms with Crippen LogP contribution in [0.1, 0.15) is 0 Å². The summed E-state index contributed by atoms with van der Waals surface area (Å²) in [6.45, 7) is -0.0656. The number of nitrogens with zero attached hydrogens (tertiary/aromatic N) is 1. The number of hydrogen-bond donors (Lipinski definition) is 3. The van der Waals surface area contributed by atoms with E-state index in [1.807, 2.05) is 0 Å². The number of carbonyl (C=O) groups is 1. The molecule has 1 aromatic rings. The van der Waals surface area contributed by atoms with Crippen LogP contribution in [0.15, 0.2) is 18.3 Å². The summed E-state index contributed by atoms with van der Waals surface area (Å²) in [5, 5.41) is 9.17. The number of aliphatic hydroxyl groups excluding tert-OH is 1. The fourth-order valence-electron chi connectivity index (χ4n) is 0.973. The van der Waals surface area contributed by atoms with E-state index in [9.17, 15) is 4.79 Å². The van der Waals surface area contributed by atoms with Gasteiger partial charge in [-0.3, -0.25) is 9.69 Å². The van der Waals surface area contributed by atoms with Crippen LogP contribution in [0.25, 0.3) is 0 Å². The summed E-state index contributed by atoms with van der Waals surface area (Å²) in [6, 6.07) is 3.51. The molecular formula is C8H13N3O2. The lowest BCUT2D eigenvalue weighted by Crippen LogP contribution is -2.40. The van der Waals surface area contributed by atoms with Gasteiger partial charge >= 0.3 is 0 Å². The third kappa shape index (κ3) is 2.07. The van der Waals surface area contributed by atoms with E-state index in [4.69, 9.17) is 10.8 Å². The van der Waals surface area contributed by atoms with Crippen molar-refractivity contribution in [1.29, 1.82) is 0 Å². The van der Waals surface area contributed by atoms with Crippen LogP contribution in [0.5, 0.6) is 0 Å². The van der Waals surface area contributed by atoms with Crippen molar-refractivity contribution in [2.75, 3.05) is 18.5 Å². The summed E-state index contributed by atoms with van der Waals surface area (Å²) in [6.07, 6.45) is 0.571. The van der Waals surface area contributed by atoms with Crippen LogP contribution >= 0.6 is 0 Å². The second-order valence-corrected chi connectivity index (χ2v) is 2.70. The van der Waals surface area contributed by atoms with E-state index in [0.29, 0.717) is 5.82 Å². The van der Waals surface area contributed by atoms with Crippen molar-refractivity contribution in [3.05, 3.63) is 18.3 Å². The van der Waals surface area contributed by atoms with Crippen molar-refractivity contribution in [3.8, 4) is 0 Å². The summed E-state index contributed by atoms with van der Waals surface area (Å²) in [5.41, 5.74) is 5.16. The second-order valence-electron chi connectivity index (χ2n) is 2.70. The molecule has 0 bridgehead atoms. The van der Waals surface area contributed by atoms with Crippen LogP contribution in [-0.2, 0) is 4.79 Å². The van der Waals surface area contributed by atoms with Crippen LogP contribution in [0.4, 0.5) is 5.82 Å². The molecule has 1 amide bonds. The number of H-pyrrole nitrogens is 1. The van der Waals surface area contributed by atoms with Crippen molar-refractivity contribution in [1.82, 2.24) is 4.98 Å². The minimum atomic E-state index is -1.13. The minimum Gasteiger partial charge on any atom is -0.382 e. The van der Waals surface area contributed by atoms with Gasteiger partial charge in [-0.1, -0.05) is 0 Å². The summed E-state index contributed by atoms with van der Waals surface area (Å²) in [7, 11) is 1.58. The maximum Gasteiger partial charge on any atom is 0.257 e. The fourth-order valence-corrected chi connectivity index (χ4v) is 0.973. The number of rotatable bonds is 3. The van der Waals surface area contributed by atoms with E-state index >= 15 is 0 Å². The lowest BCUT2D eigenvalue weighted by atomic mass is 10.3. The highest BCUT2D eigenvalue weighted by Gasteiger charge is 2.18. The summed E-state index contributed by atoms with van der Waals surface area (Å²) in [5.74, 6) is 0.224. The molecule has 13 heavy (non-hydrogen) atoms. The van der Waals surface area contributed by atoms with Crippen LogP contribution in [-0.4, -0.2) is 35.7 Å². The Morgan fingerprint density at radius 3 is 3.00 bits per heavy atom. The minimum absolute atomic E-state index is 0.0656. The van der Waals surface area contributed by atoms with Gasteiger partial charge < -0.3 is 15.8 Å². The molecule has 0 aliphatic carbocycles. The zero-order valence-corrected chi connectivity index (χ0v) is 7.40. The molecule has 1 heterocycles. The second kappa shape index (κ2) is 4.06. The third-order valence-corrected chi connectivity index (χ3v) is 1.78. The standard InChI is InChI=1S/C8H13N3O2/c1-11(7-3-2-4-10-7)8(13)6(12)5-9/h2-4,6,10,12H,5,9H2,1H3. The number of aromatic nitrogens is 1. The first-order valence-electron chi connectivity index (χ1n) is 3.96. The van der Waals surface area contributed by atoms with Gasteiger partial charge in [-0.25, -0.2) is 0 Å². The molecule has 0 aliphatic rings. The van der Waals surface area contributed by atoms with Gasteiger partial charge in [-0.15, -0.1) is 0 Å². The molecule has 0 radical (unpaired) electrons. The summed E-state index contributed by atoms with van der Waals surface area (Å²) in [4.78, 5) is 15.5. The molecule has 1 aromatic heterocycles. The lowest BCUT2D eigenvalue weighted by molar-refractivity contribution is -0.125. The van der Waals surface area contributed by atoms with Crippen LogP contribution in [0.2, 0.25) is 0 Å². The molecule has 4 N–H and O–H groups in total. The topological polar surface area (TPSA) is 82.3 Å². The Kier molecular flexibility index (Phi) is 3.05. The number of carbonyl (C=O) groups excluding carboxylic acids is 1. The molecule has 0 saturated carbocycles. The Morgan fingerprint density at radius 2 is 2.54 bits per heavy atom. The Balaban J connectivity index is 2.68. The van der Waals surface area contributed by atoms with E-state index in [1.54, 1.807) is 25.4 Å². The summed E-state index contributed by atoms with van der Waals surface area (Å²) >= 11 is 0. The molecule has 72 valence electrons. The van der Waals surface area contributed by atoms with Crippen molar-refractivity contribution in [2.24, 2.45) is 5.73 Å². The molecule has 1 atom stereocenters. The lowest BCUT2D eigenvalue weighted by Gasteiger charge is -2.17. The van der Waals surface area contributed by atoms with Gasteiger partial charge in [0.25, 0.3) is 5.91 Å². The van der Waals surface area contributed by atoms with Gasteiger partial charge in [0.05, 0.1) is 0 Å². The van der Waals surface area contributed by atoms with Gasteiger partial charge in [-0.2, -0.15) is 0 Å². The maximum atomic E-state index is 11.3. The Hall–Kier alpha value is -1.33. The Bertz CT molecular complexity index is 271. The predicted octanol–water partition coefficient (Wildman–Crippen LogP) is -0.703. The molecule has 0 fully saturated rings. The number of nitrogens with one attached hydrogen (secondary N) is 1. The third-order valence-electron chi connectivity index (χ3n) is 1.78. The van der Waals surface area contributed by atoms with Gasteiger partial charge in [0.2, 0.25) is 0 Å². The number of nitrogens with two attached hydrogens (primary N) is 1. The first-order valence-corrected chi connectivity index (χ1v) is 3.96. The molecule has 0 aliphatic heterocycles. The van der Waals surface area contributed by atoms with Gasteiger partial charge in [0, 0.05) is 19.8 Å². The average molecular weight is 183 g/mol. The van der Waals surface area contributed by atoms with E-state index in [-0.39, 0.29) is 6.54 Å². The first-order chi connectivity index (χ1) is 6.16. The first kappa shape index (κ1) is 9.76. The molecule has 0 saturated heterocycles. The van der Waals surface area contributed by atoms with Crippen LogP contribution in [0, 0.1) is 0 Å². The number of hydrogen-bond acceptors (Lipinski definition) is 3. The zero-order chi connectivity index (χ0) is 9.84. The zero-order valence-electron chi connectivity index (χ0n) is 7.40. The van der Waals surface area contributed by atoms with Crippen molar-refractivity contribution < 1.29 is 9.90 Å². The predicted molar refractivity (Wildman–Crippen MR) is 49.3 cm³/mol. The van der Waals surface area contributed by atoms with E-state index < -0.39 is 12.0 Å². The quantitative estimate of drug-likeness (QED) is 0.579. The number of amides is 1. The molecule has 0 spiro atoms. The van der Waals surface area contributed by atoms with E-state index in [2.05, 4.69) is 4.98 Å². The molecule has 1 rings (SSSR count). The number of aliphatic hydroxyl groups is 1. The molecule has 0 aromatic carbocycles. The average Bonchev–Trinajstić information content (AvgIpc) is 2.67. The van der Waals surface area contributed by atoms with Crippen molar-refractivity contribution in [2.45, 2.75) is 6.10 Å². The number of aromatic amines is 1. The summed E-state index contributed by atoms with van der Waals surface area (Å²) < 4.78 is 0. The number of anilines is 1. The van der Waals surface area contributed by atoms with E-state index in [0.717, 1.165) is 0 Å². The Labute approximate surface area is 76.2 Å². The maximum absolute atomic E-state index is 11.3. The molecule has 5 nitrogen and oxygen atoms in total. The SMILES string of the molecule is CN(C(=O)C(O)CN)c1ccc[nH]1. The fraction of sp³-hybridized carbons (Fsp3) is 0.375. The van der Waals surface area contributed by atoms with Crippen LogP contribution < -0.4 is 10.6 Å². The highest BCUT2D eigenvalue weighted by molar-refractivity contribution is 5.95. The Morgan fingerprint density at radius 1 is 1.85 bits per heavy atom. The van der Waals surface area contributed by atoms with Crippen molar-refractivity contribution in [3.63, 3.8) is 0 Å². The highest BCUT2D eigenvalue weighted by Crippen LogP contribution is 2.08. The van der Waals surface area contributed by atoms with Crippen LogP contribution in [0.3, 0.4) is 0 Å². The van der Waals surface area contributed by atoms with Gasteiger partial charge in [-0.05, 0) is 12.1 Å². The number of likely N-dealkylation sites (N-methyl/N-ethyl adjacent to an activating group) is 1. The monoisotopic (exact) mass is 183 g/mol. The normalized spacial score (nSPS) is 12.5. The van der Waals surface area contributed by atoms with Gasteiger partial charge in [0.1, 0.15) is 11.9 Å². The smallest absolute Gasteiger partial charge is 0.257 e.